The number of rotatable bonds is 43. The van der Waals surface area contributed by atoms with E-state index in [4.69, 9.17) is 75.8 Å². The molecular formula is C95H115N9O28. The summed E-state index contributed by atoms with van der Waals surface area (Å²) in [4.78, 5) is 169. The first-order chi connectivity index (χ1) is 63.7. The molecule has 5 heterocycles. The Balaban J connectivity index is 0.659. The highest BCUT2D eigenvalue weighted by Gasteiger charge is 2.57. The molecule has 6 aromatic rings. The number of nitrogens with one attached hydrogen (secondary N) is 6. The Labute approximate surface area is 764 Å². The van der Waals surface area contributed by atoms with E-state index in [9.17, 15) is 52.7 Å². The molecule has 1 saturated carbocycles. The van der Waals surface area contributed by atoms with Gasteiger partial charge in [0, 0.05) is 95.4 Å². The Morgan fingerprint density at radius 2 is 1.19 bits per heavy atom. The van der Waals surface area contributed by atoms with Gasteiger partial charge in [-0.1, -0.05) is 92.7 Å². The van der Waals surface area contributed by atoms with Crippen LogP contribution in [0.3, 0.4) is 0 Å². The van der Waals surface area contributed by atoms with Gasteiger partial charge in [0.25, 0.3) is 11.8 Å². The summed E-state index contributed by atoms with van der Waals surface area (Å²) in [5.41, 5.74) is 8.49. The molecule has 37 nitrogen and oxygen atoms in total. The molecule has 708 valence electrons. The standard InChI is InChI=1S/C95H115N9O28/c1-55(2)82(98-56(3)105)88(111)101-75(53-126-92-86(131-59(6)108)84(130-58(5)107)83(129-57(4)106)85(132-92)91(114)119-9)87(110)99-63-26-25-62(73(42-63)100-81(109)27-33-120-35-37-122-39-40-123-38-36-121-34-30-96-93(115)127-52-72-68-23-15-13-21-66(68)67-22-14-16-24-69(67)72)51-128-94(116)103-50-65-47-95(28-29-95)54-104(65)90(113)71-44-78(118-8)80(46-76(71)103)125-32-18-10-17-31-124-79-45-74-70(43-77(79)117-7)89(112)102-49-61-20-12-11-19-60(61)41-64(102)48-97-74/h11-16,19-26,42-46,55,64-65,72,75,82-86,92,97H,10,17-18,27-41,47-54H2,1-9H3,(H,96,115)(H,98,105)(H,99,110)(H,100,109)(H,101,111)/t64-,65-,75-,82-,83-,84-,85-,86+,92+/m0/s1. The molecule has 0 radical (unpaired) electrons. The van der Waals surface area contributed by atoms with Crippen LogP contribution in [0.5, 0.6) is 23.0 Å². The normalized spacial score (nSPS) is 19.2. The Bertz CT molecular complexity index is 5130. The summed E-state index contributed by atoms with van der Waals surface area (Å²) in [5.74, 6) is -6.76. The lowest BCUT2D eigenvalue weighted by Gasteiger charge is -2.43. The summed E-state index contributed by atoms with van der Waals surface area (Å²) >= 11 is 0. The summed E-state index contributed by atoms with van der Waals surface area (Å²) in [7, 11) is 3.99. The van der Waals surface area contributed by atoms with Gasteiger partial charge in [-0.3, -0.25) is 48.1 Å². The Morgan fingerprint density at radius 3 is 1.83 bits per heavy atom. The first-order valence-corrected chi connectivity index (χ1v) is 44.3. The summed E-state index contributed by atoms with van der Waals surface area (Å²) < 4.78 is 92.5. The summed E-state index contributed by atoms with van der Waals surface area (Å²) in [5, 5.41) is 17.0. The molecule has 6 aromatic carbocycles. The zero-order valence-corrected chi connectivity index (χ0v) is 75.5. The molecule has 9 atom stereocenters. The fraction of sp³-hybridized carbons (Fsp3) is 0.495. The van der Waals surface area contributed by atoms with Crippen molar-refractivity contribution in [1.29, 1.82) is 0 Å². The van der Waals surface area contributed by atoms with Gasteiger partial charge < -0.3 is 117 Å². The van der Waals surface area contributed by atoms with Crippen molar-refractivity contribution in [3.05, 3.63) is 154 Å². The number of ether oxygens (including phenoxy) is 16. The number of fused-ring (bicyclic) bond motifs is 8. The minimum absolute atomic E-state index is 0.0157. The molecule has 0 unspecified atom stereocenters. The smallest absolute Gasteiger partial charge is 0.414 e. The quantitative estimate of drug-likeness (QED) is 0.0118. The van der Waals surface area contributed by atoms with Crippen LogP contribution >= 0.6 is 0 Å². The highest BCUT2D eigenvalue weighted by molar-refractivity contribution is 6.06. The van der Waals surface area contributed by atoms with Crippen molar-refractivity contribution in [2.24, 2.45) is 11.3 Å². The molecule has 7 aliphatic rings. The van der Waals surface area contributed by atoms with Crippen LogP contribution in [0.25, 0.3) is 11.1 Å². The number of esters is 4. The number of unbranched alkanes of at least 4 members (excludes halogenated alkanes) is 2. The van der Waals surface area contributed by atoms with Gasteiger partial charge in [-0.05, 0) is 114 Å². The summed E-state index contributed by atoms with van der Waals surface area (Å²) in [6, 6.07) is 31.9. The first-order valence-electron chi connectivity index (χ1n) is 44.3. The third-order valence-electron chi connectivity index (χ3n) is 23.9. The summed E-state index contributed by atoms with van der Waals surface area (Å²) in [6.07, 6.45) is -5.84. The molecule has 132 heavy (non-hydrogen) atoms. The number of alkyl carbamates (subject to hydrolysis) is 1. The largest absolute Gasteiger partial charge is 0.493 e. The van der Waals surface area contributed by atoms with E-state index in [2.05, 4.69) is 68.3 Å². The van der Waals surface area contributed by atoms with Crippen LogP contribution in [0.2, 0.25) is 0 Å². The highest BCUT2D eigenvalue weighted by Crippen LogP contribution is 2.56. The number of carbonyl (C=O) groups is 12. The maximum atomic E-state index is 15.2. The van der Waals surface area contributed by atoms with Gasteiger partial charge in [0.2, 0.25) is 23.6 Å². The number of methoxy groups -OCH3 is 3. The number of benzene rings is 6. The lowest BCUT2D eigenvalue weighted by molar-refractivity contribution is -0.302. The van der Waals surface area contributed by atoms with Gasteiger partial charge in [-0.2, -0.15) is 0 Å². The zero-order valence-electron chi connectivity index (χ0n) is 75.5. The van der Waals surface area contributed by atoms with Gasteiger partial charge in [-0.25, -0.2) is 14.4 Å². The van der Waals surface area contributed by atoms with E-state index in [1.165, 1.54) is 49.8 Å². The topological polar surface area (TPSA) is 434 Å². The Kier molecular flexibility index (Phi) is 33.3. The van der Waals surface area contributed by atoms with E-state index >= 15 is 4.79 Å². The molecule has 6 N–H and O–H groups in total. The SMILES string of the molecule is COC(=O)[C@H]1O[C@@H](OC[C@H](NC(=O)[C@@H](NC(C)=O)C(C)C)C(=O)Nc2ccc(COC(=O)N3C[C@@H]4CC5(CC5)CN4C(=O)c4cc(OC)c(OCCCCCOc5cc6c(cc5OC)C(=O)N5Cc7ccccc7C[C@H]5CN6)cc43)c(NC(=O)CCOCCOCCOCCOCCNC(=O)OCC3c4ccccc4-c4ccccc43)c2)[C@H](OC(C)=O)[C@@H](OC(C)=O)[C@@H]1OC(C)=O. The molecule has 37 heteroatoms. The molecular weight excluding hydrogens is 1720 g/mol. The average molecular weight is 1830 g/mol. The third-order valence-corrected chi connectivity index (χ3v) is 23.9. The Hall–Kier alpha value is -12.7. The molecule has 5 aliphatic heterocycles. The van der Waals surface area contributed by atoms with Crippen LogP contribution in [0, 0.1) is 11.3 Å². The second-order valence-electron chi connectivity index (χ2n) is 33.6. The monoisotopic (exact) mass is 1830 g/mol. The third kappa shape index (κ3) is 24.5. The Morgan fingerprint density at radius 1 is 0.583 bits per heavy atom. The molecule has 0 aromatic heterocycles. The minimum atomic E-state index is -1.94. The van der Waals surface area contributed by atoms with E-state index in [-0.39, 0.29) is 154 Å². The van der Waals surface area contributed by atoms with Crippen molar-refractivity contribution in [2.75, 3.05) is 148 Å². The maximum Gasteiger partial charge on any atom is 0.414 e. The van der Waals surface area contributed by atoms with Gasteiger partial charge >= 0.3 is 36.1 Å². The maximum absolute atomic E-state index is 15.2. The molecule has 2 saturated heterocycles. The highest BCUT2D eigenvalue weighted by atomic mass is 16.7. The van der Waals surface area contributed by atoms with E-state index in [1.807, 2.05) is 47.4 Å². The number of anilines is 4. The fourth-order valence-corrected chi connectivity index (χ4v) is 17.2. The van der Waals surface area contributed by atoms with Gasteiger partial charge in [0.1, 0.15) is 25.3 Å². The van der Waals surface area contributed by atoms with Crippen molar-refractivity contribution in [3.63, 3.8) is 0 Å². The van der Waals surface area contributed by atoms with Crippen LogP contribution in [-0.2, 0) is 115 Å². The minimum Gasteiger partial charge on any atom is -0.493 e. The van der Waals surface area contributed by atoms with Crippen molar-refractivity contribution in [2.45, 2.75) is 167 Å². The van der Waals surface area contributed by atoms with Crippen molar-refractivity contribution >= 4 is 94.3 Å². The van der Waals surface area contributed by atoms with Gasteiger partial charge in [-0.15, -0.1) is 0 Å². The van der Waals surface area contributed by atoms with Crippen LogP contribution in [-0.4, -0.2) is 263 Å². The number of hydrogen-bond acceptors (Lipinski definition) is 29. The molecule has 8 amide bonds. The molecule has 2 aliphatic carbocycles. The van der Waals surface area contributed by atoms with E-state index in [0.717, 1.165) is 75.0 Å². The van der Waals surface area contributed by atoms with Gasteiger partial charge in [0.15, 0.2) is 53.7 Å². The lowest BCUT2D eigenvalue weighted by atomic mass is 9.94. The predicted molar refractivity (Wildman–Crippen MR) is 474 cm³/mol. The lowest BCUT2D eigenvalue weighted by Crippen LogP contribution is -2.64. The molecule has 13 rings (SSSR count). The van der Waals surface area contributed by atoms with E-state index in [0.29, 0.717) is 74.7 Å². The van der Waals surface area contributed by atoms with Crippen molar-refractivity contribution in [3.8, 4) is 34.1 Å². The molecule has 1 spiro atoms. The van der Waals surface area contributed by atoms with Gasteiger partial charge in [0.05, 0.1) is 135 Å². The average Bonchev–Trinajstić information content (AvgIpc) is 1.57. The molecule has 0 bridgehead atoms. The van der Waals surface area contributed by atoms with E-state index < -0.39 is 128 Å². The molecule has 3 fully saturated rings. The second-order valence-corrected chi connectivity index (χ2v) is 33.6. The number of hydrogen-bond donors (Lipinski definition) is 6. The predicted octanol–water partition coefficient (Wildman–Crippen LogP) is 8.70. The fourth-order valence-electron chi connectivity index (χ4n) is 17.2. The van der Waals surface area contributed by atoms with Crippen LogP contribution in [0.1, 0.15) is 141 Å². The van der Waals surface area contributed by atoms with Crippen LogP contribution in [0.15, 0.2) is 115 Å². The number of amides is 8. The van der Waals surface area contributed by atoms with E-state index in [1.54, 1.807) is 36.9 Å². The number of nitrogens with zero attached hydrogens (tertiary/aromatic N) is 3. The van der Waals surface area contributed by atoms with Crippen molar-refractivity contribution < 1.29 is 133 Å². The second kappa shape index (κ2) is 45.4. The first kappa shape index (κ1) is 96.9. The van der Waals surface area contributed by atoms with Crippen LogP contribution < -0.4 is 55.7 Å². The number of carbonyl (C=O) groups excluding carboxylic acids is 12. The zero-order chi connectivity index (χ0) is 93.7. The van der Waals surface area contributed by atoms with Crippen molar-refractivity contribution in [1.82, 2.24) is 25.8 Å². The summed E-state index contributed by atoms with van der Waals surface area (Å²) in [6.45, 7) is 9.92. The van der Waals surface area contributed by atoms with Crippen LogP contribution in [0.4, 0.5) is 32.3 Å².